The van der Waals surface area contributed by atoms with Crippen LogP contribution in [0.2, 0.25) is 0 Å². The molecule has 1 rings (SSSR count). The highest BCUT2D eigenvalue weighted by atomic mass is 32.2. The third-order valence-electron chi connectivity index (χ3n) is 1.93. The number of thioether (sulfide) groups is 1. The maximum absolute atomic E-state index is 11.5. The number of carbonyl (C=O) groups excluding carboxylic acids is 1. The maximum Gasteiger partial charge on any atom is 0.316 e. The average Bonchev–Trinajstić information content (AvgIpc) is 2.13. The lowest BCUT2D eigenvalue weighted by atomic mass is 10.2. The molecule has 4 heteroatoms. The third-order valence-corrected chi connectivity index (χ3v) is 2.99. The lowest BCUT2D eigenvalue weighted by Gasteiger charge is -2.19. The Morgan fingerprint density at radius 2 is 2.06 bits per heavy atom. The van der Waals surface area contributed by atoms with Crippen LogP contribution in [0.25, 0.3) is 0 Å². The molecule has 0 aromatic heterocycles. The Hall–Kier alpha value is -1.16. The first-order chi connectivity index (χ1) is 7.78. The minimum atomic E-state index is -0.434. The van der Waals surface area contributed by atoms with Crippen molar-refractivity contribution in [1.29, 1.82) is 0 Å². The second-order valence-electron chi connectivity index (χ2n) is 4.92. The topological polar surface area (TPSA) is 52.3 Å². The van der Waals surface area contributed by atoms with Crippen molar-refractivity contribution in [2.24, 2.45) is 0 Å². The number of nitrogen functional groups attached to an aromatic ring is 1. The van der Waals surface area contributed by atoms with E-state index < -0.39 is 5.60 Å². The van der Waals surface area contributed by atoms with Crippen molar-refractivity contribution >= 4 is 23.4 Å². The van der Waals surface area contributed by atoms with Gasteiger partial charge in [0.2, 0.25) is 0 Å². The second kappa shape index (κ2) is 5.45. The van der Waals surface area contributed by atoms with Crippen LogP contribution in [0, 0.1) is 6.92 Å². The molecule has 0 saturated carbocycles. The number of nitrogens with two attached hydrogens (primary N) is 1. The van der Waals surface area contributed by atoms with Crippen LogP contribution in [0.1, 0.15) is 26.3 Å². The smallest absolute Gasteiger partial charge is 0.316 e. The summed E-state index contributed by atoms with van der Waals surface area (Å²) < 4.78 is 5.22. The molecule has 0 spiro atoms. The molecule has 0 aliphatic heterocycles. The summed E-state index contributed by atoms with van der Waals surface area (Å²) in [6.07, 6.45) is 0. The molecular weight excluding hydrogens is 234 g/mol. The van der Waals surface area contributed by atoms with E-state index in [1.165, 1.54) is 11.8 Å². The predicted molar refractivity (Wildman–Crippen MR) is 72.2 cm³/mol. The van der Waals surface area contributed by atoms with Crippen LogP contribution in [-0.4, -0.2) is 17.3 Å². The van der Waals surface area contributed by atoms with Gasteiger partial charge >= 0.3 is 5.97 Å². The van der Waals surface area contributed by atoms with Crippen LogP contribution in [0.3, 0.4) is 0 Å². The molecule has 0 aliphatic rings. The van der Waals surface area contributed by atoms with E-state index in [1.807, 2.05) is 45.9 Å². The first kappa shape index (κ1) is 13.9. The summed E-state index contributed by atoms with van der Waals surface area (Å²) in [5.74, 6) is 0.0623. The van der Waals surface area contributed by atoms with Gasteiger partial charge < -0.3 is 10.5 Å². The van der Waals surface area contributed by atoms with Crippen LogP contribution >= 0.6 is 11.8 Å². The fourth-order valence-electron chi connectivity index (χ4n) is 1.31. The number of esters is 1. The zero-order valence-corrected chi connectivity index (χ0v) is 11.6. The largest absolute Gasteiger partial charge is 0.459 e. The monoisotopic (exact) mass is 253 g/mol. The zero-order chi connectivity index (χ0) is 13.1. The van der Waals surface area contributed by atoms with Gasteiger partial charge in [0.25, 0.3) is 0 Å². The summed E-state index contributed by atoms with van der Waals surface area (Å²) in [6, 6.07) is 5.81. The summed E-state index contributed by atoms with van der Waals surface area (Å²) in [6.45, 7) is 7.56. The van der Waals surface area contributed by atoms with Crippen LogP contribution in [-0.2, 0) is 9.53 Å². The highest BCUT2D eigenvalue weighted by Crippen LogP contribution is 2.26. The van der Waals surface area contributed by atoms with Crippen molar-refractivity contribution in [1.82, 2.24) is 0 Å². The molecule has 3 nitrogen and oxygen atoms in total. The van der Waals surface area contributed by atoms with Crippen molar-refractivity contribution in [2.75, 3.05) is 11.5 Å². The minimum Gasteiger partial charge on any atom is -0.459 e. The van der Waals surface area contributed by atoms with Gasteiger partial charge in [-0.2, -0.15) is 0 Å². The molecule has 0 bridgehead atoms. The van der Waals surface area contributed by atoms with E-state index >= 15 is 0 Å². The van der Waals surface area contributed by atoms with Crippen molar-refractivity contribution in [3.63, 3.8) is 0 Å². The van der Waals surface area contributed by atoms with Gasteiger partial charge in [0.05, 0.1) is 5.75 Å². The van der Waals surface area contributed by atoms with Crippen LogP contribution in [0.5, 0.6) is 0 Å². The first-order valence-electron chi connectivity index (χ1n) is 5.49. The van der Waals surface area contributed by atoms with Crippen molar-refractivity contribution < 1.29 is 9.53 Å². The lowest BCUT2D eigenvalue weighted by molar-refractivity contribution is -0.151. The number of hydrogen-bond donors (Lipinski definition) is 1. The van der Waals surface area contributed by atoms with Gasteiger partial charge in [0.15, 0.2) is 0 Å². The predicted octanol–water partition coefficient (Wildman–Crippen LogP) is 3.01. The number of hydrogen-bond acceptors (Lipinski definition) is 4. The molecule has 0 aliphatic carbocycles. The first-order valence-corrected chi connectivity index (χ1v) is 6.47. The number of rotatable bonds is 3. The van der Waals surface area contributed by atoms with Crippen LogP contribution < -0.4 is 5.73 Å². The molecule has 2 N–H and O–H groups in total. The Bertz CT molecular complexity index is 410. The van der Waals surface area contributed by atoms with E-state index in [4.69, 9.17) is 10.5 Å². The van der Waals surface area contributed by atoms with Gasteiger partial charge in [-0.15, -0.1) is 11.8 Å². The molecule has 1 aromatic rings. The lowest BCUT2D eigenvalue weighted by Crippen LogP contribution is -2.24. The summed E-state index contributed by atoms with van der Waals surface area (Å²) in [5, 5.41) is 0. The van der Waals surface area contributed by atoms with Gasteiger partial charge in [0, 0.05) is 10.6 Å². The van der Waals surface area contributed by atoms with E-state index in [0.717, 1.165) is 10.5 Å². The van der Waals surface area contributed by atoms with Gasteiger partial charge in [-0.05, 0) is 45.4 Å². The molecule has 1 aromatic carbocycles. The maximum atomic E-state index is 11.5. The van der Waals surface area contributed by atoms with Gasteiger partial charge in [-0.3, -0.25) is 4.79 Å². The Balaban J connectivity index is 2.53. The normalized spacial score (nSPS) is 11.3. The molecule has 0 amide bonds. The van der Waals surface area contributed by atoms with Crippen molar-refractivity contribution in [2.45, 2.75) is 38.2 Å². The quantitative estimate of drug-likeness (QED) is 0.511. The zero-order valence-electron chi connectivity index (χ0n) is 10.7. The third kappa shape index (κ3) is 5.13. The molecule has 0 radical (unpaired) electrons. The Morgan fingerprint density at radius 3 is 2.59 bits per heavy atom. The summed E-state index contributed by atoms with van der Waals surface area (Å²) >= 11 is 1.40. The SMILES string of the molecule is Cc1ccc(SCC(=O)OC(C)(C)C)c(N)c1. The van der Waals surface area contributed by atoms with Gasteiger partial charge in [-0.1, -0.05) is 6.07 Å². The Labute approximate surface area is 107 Å². The molecule has 0 saturated heterocycles. The second-order valence-corrected chi connectivity index (χ2v) is 5.93. The Kier molecular flexibility index (Phi) is 4.46. The number of anilines is 1. The van der Waals surface area contributed by atoms with E-state index in [2.05, 4.69) is 0 Å². The van der Waals surface area contributed by atoms with Gasteiger partial charge in [0.1, 0.15) is 5.60 Å². The van der Waals surface area contributed by atoms with E-state index in [-0.39, 0.29) is 11.7 Å². The molecular formula is C13H19NO2S. The molecule has 0 fully saturated rings. The van der Waals surface area contributed by atoms with Crippen LogP contribution in [0.4, 0.5) is 5.69 Å². The number of ether oxygens (including phenoxy) is 1. The fraction of sp³-hybridized carbons (Fsp3) is 0.462. The van der Waals surface area contributed by atoms with Crippen molar-refractivity contribution in [3.8, 4) is 0 Å². The number of aryl methyl sites for hydroxylation is 1. The van der Waals surface area contributed by atoms with E-state index in [0.29, 0.717) is 5.69 Å². The molecule has 0 atom stereocenters. The van der Waals surface area contributed by atoms with Gasteiger partial charge in [-0.25, -0.2) is 0 Å². The molecule has 17 heavy (non-hydrogen) atoms. The Morgan fingerprint density at radius 1 is 1.41 bits per heavy atom. The highest BCUT2D eigenvalue weighted by molar-refractivity contribution is 8.00. The number of carbonyl (C=O) groups is 1. The molecule has 94 valence electrons. The van der Waals surface area contributed by atoms with Crippen molar-refractivity contribution in [3.05, 3.63) is 23.8 Å². The number of benzene rings is 1. The summed E-state index contributed by atoms with van der Waals surface area (Å²) in [7, 11) is 0. The highest BCUT2D eigenvalue weighted by Gasteiger charge is 2.16. The summed E-state index contributed by atoms with van der Waals surface area (Å²) in [4.78, 5) is 12.4. The summed E-state index contributed by atoms with van der Waals surface area (Å²) in [5.41, 5.74) is 7.25. The van der Waals surface area contributed by atoms with E-state index in [1.54, 1.807) is 0 Å². The minimum absolute atomic E-state index is 0.220. The fourth-order valence-corrected chi connectivity index (χ4v) is 2.03. The molecule has 0 unspecified atom stereocenters. The molecule has 0 heterocycles. The van der Waals surface area contributed by atoms with E-state index in [9.17, 15) is 4.79 Å². The average molecular weight is 253 g/mol. The standard InChI is InChI=1S/C13H19NO2S/c1-9-5-6-11(10(14)7-9)17-8-12(15)16-13(2,3)4/h5-7H,8,14H2,1-4H3. The van der Waals surface area contributed by atoms with Crippen LogP contribution in [0.15, 0.2) is 23.1 Å².